The van der Waals surface area contributed by atoms with Crippen molar-refractivity contribution in [3.8, 4) is 17.2 Å². The van der Waals surface area contributed by atoms with Gasteiger partial charge < -0.3 is 24.0 Å². The predicted molar refractivity (Wildman–Crippen MR) is 235 cm³/mol. The molecule has 0 saturated carbocycles. The fraction of sp³-hybridized carbons (Fsp3) is 0.327. The van der Waals surface area contributed by atoms with E-state index in [1.54, 1.807) is 0 Å². The molecule has 9 rings (SSSR count). The molecular formula is C52H53N3O6. The number of carbonyl (C=O) groups is 3. The van der Waals surface area contributed by atoms with Crippen molar-refractivity contribution < 1.29 is 28.6 Å². The molecule has 0 spiro atoms. The Bertz CT molecular complexity index is 2360. The molecule has 61 heavy (non-hydrogen) atoms. The Morgan fingerprint density at radius 3 is 2.20 bits per heavy atom. The van der Waals surface area contributed by atoms with Crippen LogP contribution in [0.3, 0.4) is 0 Å². The molecule has 3 heterocycles. The van der Waals surface area contributed by atoms with E-state index in [1.165, 1.54) is 44.4 Å². The van der Waals surface area contributed by atoms with Crippen molar-refractivity contribution in [1.29, 1.82) is 0 Å². The summed E-state index contributed by atoms with van der Waals surface area (Å²) in [6.45, 7) is 4.48. The summed E-state index contributed by atoms with van der Waals surface area (Å²) in [6.07, 6.45) is 7.18. The third-order valence-corrected chi connectivity index (χ3v) is 12.8. The number of nitrogens with one attached hydrogen (secondary N) is 1. The van der Waals surface area contributed by atoms with E-state index in [2.05, 4.69) is 107 Å². The molecule has 5 aromatic rings. The molecule has 5 aromatic carbocycles. The van der Waals surface area contributed by atoms with Gasteiger partial charge in [-0.05, 0) is 133 Å². The third-order valence-electron chi connectivity index (χ3n) is 12.8. The van der Waals surface area contributed by atoms with Gasteiger partial charge in [-0.15, -0.1) is 0 Å². The van der Waals surface area contributed by atoms with E-state index in [9.17, 15) is 14.4 Å². The highest BCUT2D eigenvalue weighted by molar-refractivity contribution is 6.03. The van der Waals surface area contributed by atoms with Crippen LogP contribution in [0.2, 0.25) is 0 Å². The van der Waals surface area contributed by atoms with E-state index in [0.717, 1.165) is 63.2 Å². The van der Waals surface area contributed by atoms with Gasteiger partial charge in [-0.25, -0.2) is 0 Å². The fourth-order valence-corrected chi connectivity index (χ4v) is 9.64. The summed E-state index contributed by atoms with van der Waals surface area (Å²) in [4.78, 5) is 40.6. The Morgan fingerprint density at radius 1 is 0.656 bits per heavy atom. The smallest absolute Gasteiger partial charge is 0.251 e. The number of likely N-dealkylation sites (tertiary alicyclic amines) is 1. The molecule has 9 nitrogen and oxygen atoms in total. The lowest BCUT2D eigenvalue weighted by Gasteiger charge is -2.35. The summed E-state index contributed by atoms with van der Waals surface area (Å²) in [5.74, 6) is 3.09. The first kappa shape index (κ1) is 40.2. The number of rotatable bonds is 14. The second-order valence-corrected chi connectivity index (χ2v) is 16.8. The van der Waals surface area contributed by atoms with Gasteiger partial charge in [0.25, 0.3) is 5.91 Å². The first-order chi connectivity index (χ1) is 29.9. The molecule has 3 amide bonds. The number of piperidine rings is 2. The number of fused-ring (bicyclic) bond motifs is 1. The lowest BCUT2D eigenvalue weighted by Crippen LogP contribution is -2.53. The fourth-order valence-electron chi connectivity index (χ4n) is 9.64. The summed E-state index contributed by atoms with van der Waals surface area (Å²) in [6, 6.07) is 44.2. The first-order valence-corrected chi connectivity index (χ1v) is 21.9. The van der Waals surface area contributed by atoms with Gasteiger partial charge in [0, 0.05) is 25.0 Å². The normalized spacial score (nSPS) is 20.8. The lowest BCUT2D eigenvalue weighted by atomic mass is 9.69. The molecule has 0 bridgehead atoms. The van der Waals surface area contributed by atoms with E-state index in [0.29, 0.717) is 43.0 Å². The summed E-state index contributed by atoms with van der Waals surface area (Å²) in [5, 5.41) is 2.34. The molecule has 1 unspecified atom stereocenters. The summed E-state index contributed by atoms with van der Waals surface area (Å²) in [7, 11) is 0. The van der Waals surface area contributed by atoms with Crippen LogP contribution in [0.25, 0.3) is 0 Å². The van der Waals surface area contributed by atoms with E-state index >= 15 is 0 Å². The predicted octanol–water partition coefficient (Wildman–Crippen LogP) is 8.69. The minimum absolute atomic E-state index is 0.209. The zero-order chi connectivity index (χ0) is 41.5. The van der Waals surface area contributed by atoms with Crippen LogP contribution in [0.15, 0.2) is 139 Å². The van der Waals surface area contributed by atoms with Crippen LogP contribution in [-0.4, -0.2) is 66.3 Å². The van der Waals surface area contributed by atoms with Gasteiger partial charge in [0.05, 0.1) is 13.2 Å². The Hall–Kier alpha value is -6.19. The van der Waals surface area contributed by atoms with Gasteiger partial charge in [-0.2, -0.15) is 0 Å². The van der Waals surface area contributed by atoms with E-state index in [1.807, 2.05) is 30.3 Å². The average Bonchev–Trinajstić information content (AvgIpc) is 3.66. The van der Waals surface area contributed by atoms with Crippen molar-refractivity contribution in [2.45, 2.75) is 75.3 Å². The molecule has 312 valence electrons. The highest BCUT2D eigenvalue weighted by Crippen LogP contribution is 2.47. The Balaban J connectivity index is 0.751. The molecule has 1 aliphatic carbocycles. The van der Waals surface area contributed by atoms with Crippen LogP contribution in [0.5, 0.6) is 17.2 Å². The number of imide groups is 1. The van der Waals surface area contributed by atoms with Gasteiger partial charge in [0.15, 0.2) is 0 Å². The number of ether oxygens (including phenoxy) is 3. The van der Waals surface area contributed by atoms with Crippen molar-refractivity contribution in [3.63, 3.8) is 0 Å². The van der Waals surface area contributed by atoms with Crippen LogP contribution in [0, 0.1) is 0 Å². The van der Waals surface area contributed by atoms with Gasteiger partial charge in [0.1, 0.15) is 35.7 Å². The Kier molecular flexibility index (Phi) is 12.3. The van der Waals surface area contributed by atoms with Gasteiger partial charge in [0.2, 0.25) is 11.8 Å². The molecule has 0 radical (unpaired) electrons. The minimum atomic E-state index is -0.654. The number of hydrogen-bond acceptors (Lipinski definition) is 7. The summed E-state index contributed by atoms with van der Waals surface area (Å²) >= 11 is 0. The second-order valence-electron chi connectivity index (χ2n) is 16.8. The molecule has 3 aliphatic heterocycles. The van der Waals surface area contributed by atoms with Crippen LogP contribution in [0.4, 0.5) is 0 Å². The number of amides is 3. The van der Waals surface area contributed by atoms with Crippen LogP contribution >= 0.6 is 0 Å². The molecule has 4 aliphatic rings. The van der Waals surface area contributed by atoms with Gasteiger partial charge in [-0.3, -0.25) is 19.7 Å². The van der Waals surface area contributed by atoms with Gasteiger partial charge >= 0.3 is 0 Å². The molecule has 9 heteroatoms. The van der Waals surface area contributed by atoms with E-state index in [4.69, 9.17) is 14.2 Å². The van der Waals surface area contributed by atoms with Gasteiger partial charge in [-0.1, -0.05) is 91.0 Å². The summed E-state index contributed by atoms with van der Waals surface area (Å²) < 4.78 is 18.7. The topological polar surface area (TPSA) is 97.4 Å². The number of nitrogens with zero attached hydrogens (tertiary/aromatic N) is 2. The van der Waals surface area contributed by atoms with Crippen molar-refractivity contribution in [1.82, 2.24) is 15.1 Å². The molecule has 3 atom stereocenters. The van der Waals surface area contributed by atoms with Crippen molar-refractivity contribution >= 4 is 17.7 Å². The number of aryl methyl sites for hydroxylation is 1. The number of benzene rings is 5. The average molecular weight is 816 g/mol. The molecule has 2 saturated heterocycles. The number of carbonyl (C=O) groups excluding carboxylic acids is 3. The SMILES string of the molecule is O=C1CCC(N2CC(Oc3cccc(C4CCN(CCCOc5ccc([C@@H]6c7ccc(OCc8ccccc8)cc7CC[C@@H]6c6ccccc6)cc5)CC4)c3)=CC2=O)C(=O)N1. The minimum Gasteiger partial charge on any atom is -0.494 e. The molecule has 1 N–H and O–H groups in total. The highest BCUT2D eigenvalue weighted by atomic mass is 16.5. The van der Waals surface area contributed by atoms with Crippen molar-refractivity contribution in [2.75, 3.05) is 32.8 Å². The standard InChI is InChI=1S/C52H53N3O6/c56-49-24-23-48(52(58)53-49)55-34-45(33-50(55)57)61-44-14-7-13-40(31-44)37-25-28-54(29-26-37)27-8-30-59-42-18-15-39(16-19-42)51-46(38-11-5-2-6-12-38)21-17-41-32-43(20-22-47(41)51)60-35-36-9-3-1-4-10-36/h1-7,9-16,18-20,22,31-33,37,46,48,51H,8,17,21,23-30,34-35H2,(H,53,56,58)/t46-,48?,51+/m1/s1. The molecular weight excluding hydrogens is 763 g/mol. The van der Waals surface area contributed by atoms with Crippen LogP contribution < -0.4 is 19.5 Å². The van der Waals surface area contributed by atoms with Crippen molar-refractivity contribution in [3.05, 3.63) is 173 Å². The quantitative estimate of drug-likeness (QED) is 0.0886. The number of hydrogen-bond donors (Lipinski definition) is 1. The Labute approximate surface area is 358 Å². The van der Waals surface area contributed by atoms with E-state index < -0.39 is 11.9 Å². The highest BCUT2D eigenvalue weighted by Gasteiger charge is 2.38. The lowest BCUT2D eigenvalue weighted by molar-refractivity contribution is -0.142. The zero-order valence-electron chi connectivity index (χ0n) is 34.5. The van der Waals surface area contributed by atoms with Crippen molar-refractivity contribution in [2.24, 2.45) is 0 Å². The first-order valence-electron chi connectivity index (χ1n) is 21.9. The summed E-state index contributed by atoms with van der Waals surface area (Å²) in [5.41, 5.74) is 7.84. The third kappa shape index (κ3) is 9.58. The maximum Gasteiger partial charge on any atom is 0.251 e. The largest absolute Gasteiger partial charge is 0.494 e. The zero-order valence-corrected chi connectivity index (χ0v) is 34.5. The molecule has 0 aromatic heterocycles. The molecule has 2 fully saturated rings. The monoisotopic (exact) mass is 815 g/mol. The second kappa shape index (κ2) is 18.6. The Morgan fingerprint density at radius 2 is 1.41 bits per heavy atom. The van der Waals surface area contributed by atoms with E-state index in [-0.39, 0.29) is 30.7 Å². The maximum atomic E-state index is 12.7. The van der Waals surface area contributed by atoms with Crippen LogP contribution in [-0.2, 0) is 27.4 Å². The van der Waals surface area contributed by atoms with Crippen LogP contribution in [0.1, 0.15) is 89.7 Å². The maximum absolute atomic E-state index is 12.7.